The Morgan fingerprint density at radius 3 is 2.55 bits per heavy atom. The van der Waals surface area contributed by atoms with Gasteiger partial charge >= 0.3 is 0 Å². The molecule has 0 aliphatic carbocycles. The number of amides is 1. The molecule has 0 radical (unpaired) electrons. The molecule has 2 N–H and O–H groups in total. The topological polar surface area (TPSA) is 97.9 Å². The van der Waals surface area contributed by atoms with Gasteiger partial charge < -0.3 is 10.6 Å². The Morgan fingerprint density at radius 2 is 1.86 bits per heavy atom. The van der Waals surface area contributed by atoms with E-state index in [1.807, 2.05) is 36.1 Å². The summed E-state index contributed by atoms with van der Waals surface area (Å²) >= 11 is 0. The third-order valence-corrected chi connectivity index (χ3v) is 5.30. The second-order valence-electron chi connectivity index (χ2n) is 7.40. The first-order chi connectivity index (χ1) is 14.1. The summed E-state index contributed by atoms with van der Waals surface area (Å²) in [5, 5.41) is 0. The first-order valence-electron chi connectivity index (χ1n) is 9.82. The largest absolute Gasteiger partial charge is 0.368 e. The number of pyridine rings is 2. The number of likely N-dealkylation sites (tertiary alicyclic amines) is 1. The predicted molar refractivity (Wildman–Crippen MR) is 111 cm³/mol. The average molecular weight is 388 g/mol. The van der Waals surface area contributed by atoms with Gasteiger partial charge in [0.05, 0.1) is 6.42 Å². The number of hydrogen-bond acceptors (Lipinski definition) is 6. The molecule has 0 atom stereocenters. The average Bonchev–Trinajstić information content (AvgIpc) is 2.74. The molecule has 1 amide bonds. The van der Waals surface area contributed by atoms with Crippen molar-refractivity contribution in [3.8, 4) is 11.1 Å². The smallest absolute Gasteiger partial charge is 0.228 e. The molecule has 1 aliphatic rings. The Morgan fingerprint density at radius 1 is 1.10 bits per heavy atom. The van der Waals surface area contributed by atoms with Gasteiger partial charge in [-0.05, 0) is 49.6 Å². The monoisotopic (exact) mass is 388 g/mol. The van der Waals surface area contributed by atoms with Gasteiger partial charge in [0.25, 0.3) is 0 Å². The zero-order chi connectivity index (χ0) is 20.2. The van der Waals surface area contributed by atoms with Crippen LogP contribution in [0.15, 0.2) is 48.9 Å². The van der Waals surface area contributed by atoms with Crippen LogP contribution < -0.4 is 5.73 Å². The van der Waals surface area contributed by atoms with E-state index in [1.165, 1.54) is 0 Å². The Hall–Kier alpha value is -3.35. The van der Waals surface area contributed by atoms with E-state index >= 15 is 0 Å². The number of rotatable bonds is 4. The van der Waals surface area contributed by atoms with Crippen molar-refractivity contribution in [2.45, 2.75) is 32.1 Å². The number of nitrogens with zero attached hydrogens (tertiary/aromatic N) is 5. The fourth-order valence-corrected chi connectivity index (χ4v) is 3.75. The third-order valence-electron chi connectivity index (χ3n) is 5.30. The van der Waals surface area contributed by atoms with Crippen molar-refractivity contribution in [2.75, 3.05) is 18.8 Å². The number of aromatic nitrogens is 4. The maximum atomic E-state index is 12.6. The lowest BCUT2D eigenvalue weighted by Gasteiger charge is -2.32. The summed E-state index contributed by atoms with van der Waals surface area (Å²) < 4.78 is 0. The number of anilines is 1. The fourth-order valence-electron chi connectivity index (χ4n) is 3.75. The van der Waals surface area contributed by atoms with E-state index in [9.17, 15) is 4.79 Å². The van der Waals surface area contributed by atoms with Crippen molar-refractivity contribution in [1.82, 2.24) is 24.8 Å². The minimum atomic E-state index is 0.138. The SMILES string of the molecule is Cc1cc(-c2cnc(N)nc2)cc(C2CCN(C(=O)Cc3ccccn3)CC2)n1. The van der Waals surface area contributed by atoms with Gasteiger partial charge in [-0.25, -0.2) is 9.97 Å². The second kappa shape index (κ2) is 8.34. The van der Waals surface area contributed by atoms with E-state index in [0.717, 1.165) is 54.1 Å². The molecule has 0 unspecified atom stereocenters. The Kier molecular flexibility index (Phi) is 5.46. The number of aryl methyl sites for hydroxylation is 1. The number of carbonyl (C=O) groups is 1. The van der Waals surface area contributed by atoms with Crippen molar-refractivity contribution in [3.63, 3.8) is 0 Å². The number of nitrogens with two attached hydrogens (primary N) is 1. The molecule has 1 saturated heterocycles. The molecule has 148 valence electrons. The van der Waals surface area contributed by atoms with Gasteiger partial charge in [0.15, 0.2) is 0 Å². The van der Waals surface area contributed by atoms with Crippen LogP contribution in [0.5, 0.6) is 0 Å². The lowest BCUT2D eigenvalue weighted by atomic mass is 9.91. The van der Waals surface area contributed by atoms with Crippen molar-refractivity contribution in [3.05, 3.63) is 66.0 Å². The molecule has 3 aromatic rings. The Bertz CT molecular complexity index is 982. The van der Waals surface area contributed by atoms with E-state index in [0.29, 0.717) is 12.3 Å². The van der Waals surface area contributed by atoms with Gasteiger partial charge in [-0.2, -0.15) is 0 Å². The van der Waals surface area contributed by atoms with Crippen molar-refractivity contribution in [2.24, 2.45) is 0 Å². The van der Waals surface area contributed by atoms with Crippen LogP contribution in [0.1, 0.15) is 35.8 Å². The van der Waals surface area contributed by atoms with Crippen LogP contribution in [0.2, 0.25) is 0 Å². The predicted octanol–water partition coefficient (Wildman–Crippen LogP) is 2.77. The van der Waals surface area contributed by atoms with Crippen LogP contribution in [0, 0.1) is 6.92 Å². The van der Waals surface area contributed by atoms with Gasteiger partial charge in [0.1, 0.15) is 0 Å². The quantitative estimate of drug-likeness (QED) is 0.738. The molecule has 0 aromatic carbocycles. The summed E-state index contributed by atoms with van der Waals surface area (Å²) in [6.07, 6.45) is 7.36. The Labute approximate surface area is 170 Å². The molecule has 4 heterocycles. The van der Waals surface area contributed by atoms with Gasteiger partial charge in [0.2, 0.25) is 11.9 Å². The molecule has 4 rings (SSSR count). The zero-order valence-corrected chi connectivity index (χ0v) is 16.5. The molecular weight excluding hydrogens is 364 g/mol. The standard InChI is InChI=1S/C22H24N6O/c1-15-10-17(18-13-25-22(23)26-14-18)11-20(27-15)16-5-8-28(9-6-16)21(29)12-19-4-2-3-7-24-19/h2-4,7,10-11,13-14,16H,5-6,8-9,12H2,1H3,(H2,23,25,26). The molecule has 1 aliphatic heterocycles. The molecule has 0 bridgehead atoms. The normalized spacial score (nSPS) is 14.7. The van der Waals surface area contributed by atoms with Gasteiger partial charge in [-0.15, -0.1) is 0 Å². The van der Waals surface area contributed by atoms with Crippen molar-refractivity contribution < 1.29 is 4.79 Å². The minimum absolute atomic E-state index is 0.138. The summed E-state index contributed by atoms with van der Waals surface area (Å²) in [6.45, 7) is 3.48. The lowest BCUT2D eigenvalue weighted by Crippen LogP contribution is -2.39. The maximum Gasteiger partial charge on any atom is 0.228 e. The summed E-state index contributed by atoms with van der Waals surface area (Å²) in [7, 11) is 0. The van der Waals surface area contributed by atoms with E-state index in [-0.39, 0.29) is 11.9 Å². The summed E-state index contributed by atoms with van der Waals surface area (Å²) in [4.78, 5) is 31.7. The number of hydrogen-bond donors (Lipinski definition) is 1. The summed E-state index contributed by atoms with van der Waals surface area (Å²) in [5.41, 5.74) is 10.4. The number of carbonyl (C=O) groups excluding carboxylic acids is 1. The molecule has 7 nitrogen and oxygen atoms in total. The van der Waals surface area contributed by atoms with Gasteiger partial charge in [-0.1, -0.05) is 6.07 Å². The molecule has 7 heteroatoms. The van der Waals surface area contributed by atoms with E-state index < -0.39 is 0 Å². The molecule has 1 fully saturated rings. The molecule has 0 spiro atoms. The Balaban J connectivity index is 1.43. The number of piperidine rings is 1. The minimum Gasteiger partial charge on any atom is -0.368 e. The zero-order valence-electron chi connectivity index (χ0n) is 16.5. The van der Waals surface area contributed by atoms with E-state index in [1.54, 1.807) is 18.6 Å². The molecule has 0 saturated carbocycles. The van der Waals surface area contributed by atoms with Crippen LogP contribution >= 0.6 is 0 Å². The second-order valence-corrected chi connectivity index (χ2v) is 7.40. The molecular formula is C22H24N6O. The van der Waals surface area contributed by atoms with Crippen LogP contribution in [0.4, 0.5) is 5.95 Å². The van der Waals surface area contributed by atoms with Crippen LogP contribution in [-0.2, 0) is 11.2 Å². The molecule has 29 heavy (non-hydrogen) atoms. The van der Waals surface area contributed by atoms with Crippen molar-refractivity contribution >= 4 is 11.9 Å². The van der Waals surface area contributed by atoms with Gasteiger partial charge in [-0.3, -0.25) is 14.8 Å². The fraction of sp³-hybridized carbons (Fsp3) is 0.318. The van der Waals surface area contributed by atoms with E-state index in [4.69, 9.17) is 10.7 Å². The van der Waals surface area contributed by atoms with Gasteiger partial charge in [0, 0.05) is 60.2 Å². The van der Waals surface area contributed by atoms with Crippen LogP contribution in [0.25, 0.3) is 11.1 Å². The summed E-state index contributed by atoms with van der Waals surface area (Å²) in [5.74, 6) is 0.740. The van der Waals surface area contributed by atoms with E-state index in [2.05, 4.69) is 21.0 Å². The van der Waals surface area contributed by atoms with Crippen LogP contribution in [0.3, 0.4) is 0 Å². The third kappa shape index (κ3) is 4.56. The highest BCUT2D eigenvalue weighted by molar-refractivity contribution is 5.78. The lowest BCUT2D eigenvalue weighted by molar-refractivity contribution is -0.131. The van der Waals surface area contributed by atoms with Crippen molar-refractivity contribution in [1.29, 1.82) is 0 Å². The summed E-state index contributed by atoms with van der Waals surface area (Å²) in [6, 6.07) is 9.81. The maximum absolute atomic E-state index is 12.6. The first kappa shape index (κ1) is 19.0. The highest BCUT2D eigenvalue weighted by Crippen LogP contribution is 2.30. The highest BCUT2D eigenvalue weighted by Gasteiger charge is 2.25. The van der Waals surface area contributed by atoms with Crippen LogP contribution in [-0.4, -0.2) is 43.8 Å². The highest BCUT2D eigenvalue weighted by atomic mass is 16.2. The number of nitrogen functional groups attached to an aromatic ring is 1. The molecule has 3 aromatic heterocycles. The first-order valence-corrected chi connectivity index (χ1v) is 9.82.